The van der Waals surface area contributed by atoms with Gasteiger partial charge in [-0.15, -0.1) is 10.2 Å². The number of carbonyl (C=O) groups excluding carboxylic acids is 1. The average molecular weight is 330 g/mol. The van der Waals surface area contributed by atoms with Crippen molar-refractivity contribution in [3.63, 3.8) is 0 Å². The van der Waals surface area contributed by atoms with Gasteiger partial charge in [-0.1, -0.05) is 36.6 Å². The fourth-order valence-corrected chi connectivity index (χ4v) is 4.02. The molecule has 0 N–H and O–H groups in total. The molecular formula is C18H20ClN3O. The van der Waals surface area contributed by atoms with E-state index in [0.717, 1.165) is 36.6 Å². The largest absolute Gasteiger partial charge is 0.314 e. The topological polar surface area (TPSA) is 47.8 Å². The summed E-state index contributed by atoms with van der Waals surface area (Å²) in [5.74, 6) is 2.34. The molecule has 1 aromatic heterocycles. The molecule has 1 fully saturated rings. The Morgan fingerprint density at radius 2 is 1.74 bits per heavy atom. The van der Waals surface area contributed by atoms with Gasteiger partial charge in [0.15, 0.2) is 0 Å². The van der Waals surface area contributed by atoms with Crippen LogP contribution in [0.2, 0.25) is 5.02 Å². The molecule has 0 radical (unpaired) electrons. The van der Waals surface area contributed by atoms with Crippen molar-refractivity contribution in [3.8, 4) is 0 Å². The van der Waals surface area contributed by atoms with Crippen LogP contribution in [0.1, 0.15) is 55.7 Å². The summed E-state index contributed by atoms with van der Waals surface area (Å²) in [5, 5.41) is 9.70. The van der Waals surface area contributed by atoms with Gasteiger partial charge in [0.25, 0.3) is 0 Å². The van der Waals surface area contributed by atoms with Gasteiger partial charge in [-0.2, -0.15) is 0 Å². The minimum Gasteiger partial charge on any atom is -0.314 e. The van der Waals surface area contributed by atoms with E-state index in [4.69, 9.17) is 11.6 Å². The van der Waals surface area contributed by atoms with Crippen LogP contribution < -0.4 is 0 Å². The van der Waals surface area contributed by atoms with E-state index in [1.54, 1.807) is 0 Å². The number of ketones is 1. The lowest BCUT2D eigenvalue weighted by Crippen LogP contribution is -2.45. The zero-order valence-corrected chi connectivity index (χ0v) is 13.9. The Labute approximate surface area is 140 Å². The van der Waals surface area contributed by atoms with Crippen LogP contribution in [0.15, 0.2) is 24.3 Å². The predicted octanol–water partition coefficient (Wildman–Crippen LogP) is 3.70. The highest BCUT2D eigenvalue weighted by Crippen LogP contribution is 2.46. The molecule has 23 heavy (non-hydrogen) atoms. The van der Waals surface area contributed by atoms with Crippen LogP contribution in [-0.2, 0) is 23.2 Å². The molecule has 4 rings (SSSR count). The molecule has 5 heteroatoms. The van der Waals surface area contributed by atoms with E-state index in [9.17, 15) is 4.79 Å². The molecule has 0 saturated heterocycles. The lowest BCUT2D eigenvalue weighted by atomic mass is 9.63. The van der Waals surface area contributed by atoms with E-state index >= 15 is 0 Å². The minimum absolute atomic E-state index is 0.295. The van der Waals surface area contributed by atoms with Gasteiger partial charge in [-0.3, -0.25) is 4.79 Å². The number of fused-ring (bicyclic) bond motifs is 1. The summed E-state index contributed by atoms with van der Waals surface area (Å²) in [6, 6.07) is 7.84. The van der Waals surface area contributed by atoms with Crippen molar-refractivity contribution < 1.29 is 4.79 Å². The van der Waals surface area contributed by atoms with Crippen molar-refractivity contribution in [1.82, 2.24) is 14.8 Å². The number of rotatable bonds is 2. The first-order valence-electron chi connectivity index (χ1n) is 8.39. The first-order chi connectivity index (χ1) is 11.2. The molecule has 2 aromatic rings. The van der Waals surface area contributed by atoms with Crippen molar-refractivity contribution >= 4 is 17.4 Å². The van der Waals surface area contributed by atoms with Crippen molar-refractivity contribution in [2.75, 3.05) is 0 Å². The van der Waals surface area contributed by atoms with E-state index in [0.29, 0.717) is 23.6 Å². The van der Waals surface area contributed by atoms with Crippen LogP contribution in [0.3, 0.4) is 0 Å². The third kappa shape index (κ3) is 2.49. The van der Waals surface area contributed by atoms with Crippen molar-refractivity contribution in [2.24, 2.45) is 0 Å². The second-order valence-electron chi connectivity index (χ2n) is 6.74. The van der Waals surface area contributed by atoms with Crippen molar-refractivity contribution in [3.05, 3.63) is 46.5 Å². The summed E-state index contributed by atoms with van der Waals surface area (Å²) in [6.07, 6.45) is 6.87. The fourth-order valence-electron chi connectivity index (χ4n) is 3.90. The highest BCUT2D eigenvalue weighted by Gasteiger charge is 2.50. The van der Waals surface area contributed by atoms with E-state index in [1.165, 1.54) is 19.3 Å². The molecular weight excluding hydrogens is 310 g/mol. The van der Waals surface area contributed by atoms with Crippen LogP contribution in [-0.4, -0.2) is 20.5 Å². The molecule has 0 atom stereocenters. The maximum atomic E-state index is 11.9. The van der Waals surface area contributed by atoms with E-state index < -0.39 is 0 Å². The van der Waals surface area contributed by atoms with Crippen LogP contribution >= 0.6 is 11.6 Å². The maximum Gasteiger partial charge on any atom is 0.144 e. The third-order valence-electron chi connectivity index (χ3n) is 5.18. The number of hydrogen-bond donors (Lipinski definition) is 0. The van der Waals surface area contributed by atoms with Crippen LogP contribution in [0.4, 0.5) is 0 Å². The van der Waals surface area contributed by atoms with Gasteiger partial charge in [-0.05, 0) is 30.5 Å². The molecule has 2 heterocycles. The number of nitrogens with zero attached hydrogens (tertiary/aromatic N) is 3. The van der Waals surface area contributed by atoms with Gasteiger partial charge < -0.3 is 4.57 Å². The number of aromatic nitrogens is 3. The van der Waals surface area contributed by atoms with Crippen molar-refractivity contribution in [1.29, 1.82) is 0 Å². The summed E-state index contributed by atoms with van der Waals surface area (Å²) in [5.41, 5.74) is 0.810. The molecule has 1 aliphatic carbocycles. The van der Waals surface area contributed by atoms with Gasteiger partial charge in [0.05, 0.1) is 5.41 Å². The van der Waals surface area contributed by atoms with Crippen LogP contribution in [0.25, 0.3) is 0 Å². The van der Waals surface area contributed by atoms with Crippen LogP contribution in [0.5, 0.6) is 0 Å². The molecule has 0 spiro atoms. The number of Topliss-reactive ketones (excluding diaryl/α,β-unsaturated/α-hetero) is 1. The Hall–Kier alpha value is -1.68. The zero-order chi connectivity index (χ0) is 15.9. The van der Waals surface area contributed by atoms with Crippen LogP contribution in [0, 0.1) is 0 Å². The fraction of sp³-hybridized carbons (Fsp3) is 0.500. The van der Waals surface area contributed by atoms with Gasteiger partial charge in [0.2, 0.25) is 0 Å². The third-order valence-corrected chi connectivity index (χ3v) is 5.43. The molecule has 1 aromatic carbocycles. The van der Waals surface area contributed by atoms with E-state index in [-0.39, 0.29) is 5.41 Å². The number of benzene rings is 1. The molecule has 120 valence electrons. The Kier molecular flexibility index (Phi) is 3.72. The zero-order valence-electron chi connectivity index (χ0n) is 13.1. The second kappa shape index (κ2) is 5.75. The number of aryl methyl sites for hydroxylation is 1. The van der Waals surface area contributed by atoms with Gasteiger partial charge >= 0.3 is 0 Å². The van der Waals surface area contributed by atoms with E-state index in [2.05, 4.69) is 14.8 Å². The average Bonchev–Trinajstić information content (AvgIpc) is 2.86. The number of carbonyl (C=O) groups is 1. The molecule has 1 aliphatic heterocycles. The smallest absolute Gasteiger partial charge is 0.144 e. The van der Waals surface area contributed by atoms with Gasteiger partial charge in [0.1, 0.15) is 17.4 Å². The normalized spacial score (nSPS) is 20.3. The highest BCUT2D eigenvalue weighted by atomic mass is 35.5. The highest BCUT2D eigenvalue weighted by molar-refractivity contribution is 6.30. The minimum atomic E-state index is -0.313. The Morgan fingerprint density at radius 1 is 1.00 bits per heavy atom. The summed E-state index contributed by atoms with van der Waals surface area (Å²) >= 11 is 6.03. The molecule has 0 unspecified atom stereocenters. The number of hydrogen-bond acceptors (Lipinski definition) is 3. The van der Waals surface area contributed by atoms with Crippen molar-refractivity contribution in [2.45, 2.75) is 56.9 Å². The maximum absolute atomic E-state index is 11.9. The monoisotopic (exact) mass is 329 g/mol. The SMILES string of the molecule is O=C1CC(c2ccc(Cl)cc2)(c2nnc3n2CCCCCC3)C1. The standard InChI is InChI=1S/C18H20ClN3O/c19-14-8-6-13(7-9-14)18(11-15(23)12-18)17-21-20-16-5-3-1-2-4-10-22(16)17/h6-9H,1-5,10-12H2. The quantitative estimate of drug-likeness (QED) is 0.844. The van der Waals surface area contributed by atoms with Gasteiger partial charge in [-0.25, -0.2) is 0 Å². The molecule has 1 saturated carbocycles. The molecule has 0 bridgehead atoms. The summed E-state index contributed by atoms with van der Waals surface area (Å²) in [7, 11) is 0. The lowest BCUT2D eigenvalue weighted by Gasteiger charge is -2.40. The first kappa shape index (κ1) is 14.9. The first-order valence-corrected chi connectivity index (χ1v) is 8.77. The Balaban J connectivity index is 1.79. The predicted molar refractivity (Wildman–Crippen MR) is 88.7 cm³/mol. The van der Waals surface area contributed by atoms with Gasteiger partial charge in [0, 0.05) is 30.8 Å². The summed E-state index contributed by atoms with van der Waals surface area (Å²) in [4.78, 5) is 11.9. The van der Waals surface area contributed by atoms with E-state index in [1.807, 2.05) is 24.3 Å². The summed E-state index contributed by atoms with van der Waals surface area (Å²) in [6.45, 7) is 0.960. The summed E-state index contributed by atoms with van der Waals surface area (Å²) < 4.78 is 2.28. The Bertz CT molecular complexity index is 727. The Morgan fingerprint density at radius 3 is 2.48 bits per heavy atom. The number of halogens is 1. The lowest BCUT2D eigenvalue weighted by molar-refractivity contribution is -0.127. The second-order valence-corrected chi connectivity index (χ2v) is 7.17. The molecule has 0 amide bonds. The molecule has 4 nitrogen and oxygen atoms in total. The molecule has 2 aliphatic rings.